The van der Waals surface area contributed by atoms with Gasteiger partial charge in [-0.25, -0.2) is 4.98 Å². The Bertz CT molecular complexity index is 1200. The maximum Gasteiger partial charge on any atom is 0.260 e. The van der Waals surface area contributed by atoms with Crippen LogP contribution in [0.3, 0.4) is 0 Å². The largest absolute Gasteiger partial charge is 0.457 e. The van der Waals surface area contributed by atoms with Crippen LogP contribution in [0.15, 0.2) is 72.8 Å². The molecule has 0 fully saturated rings. The summed E-state index contributed by atoms with van der Waals surface area (Å²) in [6, 6.07) is 23.1. The molecule has 4 aromatic rings. The summed E-state index contributed by atoms with van der Waals surface area (Å²) in [7, 11) is 4.08. The summed E-state index contributed by atoms with van der Waals surface area (Å²) in [5, 5.41) is 0.726. The molecule has 0 bridgehead atoms. The third-order valence-electron chi connectivity index (χ3n) is 5.06. The second-order valence-electron chi connectivity index (χ2n) is 8.02. The van der Waals surface area contributed by atoms with E-state index in [0.29, 0.717) is 17.9 Å². The molecule has 0 spiro atoms. The molecule has 3 aromatic carbocycles. The van der Waals surface area contributed by atoms with Crippen molar-refractivity contribution < 1.29 is 9.53 Å². The first-order valence-corrected chi connectivity index (χ1v) is 11.5. The minimum absolute atomic E-state index is 0.0713. The average Bonchev–Trinajstić information content (AvgIpc) is 3.20. The molecular weight excluding hydrogens is 418 g/mol. The van der Waals surface area contributed by atoms with Crippen LogP contribution in [-0.4, -0.2) is 43.0 Å². The van der Waals surface area contributed by atoms with Gasteiger partial charge in [0.05, 0.1) is 10.2 Å². The summed E-state index contributed by atoms with van der Waals surface area (Å²) in [5.41, 5.74) is 2.69. The molecule has 4 rings (SSSR count). The molecule has 164 valence electrons. The molecule has 0 aliphatic rings. The normalized spacial score (nSPS) is 11.1. The number of carbonyl (C=O) groups excluding carboxylic acids is 1. The maximum atomic E-state index is 13.6. The molecule has 1 amide bonds. The molecule has 1 aromatic heterocycles. The highest BCUT2D eigenvalue weighted by Gasteiger charge is 2.22. The van der Waals surface area contributed by atoms with E-state index >= 15 is 0 Å². The molecule has 6 heteroatoms. The van der Waals surface area contributed by atoms with E-state index in [0.717, 1.165) is 34.1 Å². The van der Waals surface area contributed by atoms with E-state index in [2.05, 4.69) is 24.0 Å². The molecule has 0 aliphatic carbocycles. The number of para-hydroxylation sites is 1. The molecule has 0 radical (unpaired) electrons. The second kappa shape index (κ2) is 9.94. The van der Waals surface area contributed by atoms with Gasteiger partial charge < -0.3 is 9.64 Å². The predicted molar refractivity (Wildman–Crippen MR) is 132 cm³/mol. The number of hydrogen-bond donors (Lipinski definition) is 0. The zero-order chi connectivity index (χ0) is 22.5. The van der Waals surface area contributed by atoms with Gasteiger partial charge in [0.2, 0.25) is 0 Å². The van der Waals surface area contributed by atoms with Gasteiger partial charge in [0, 0.05) is 12.1 Å². The Morgan fingerprint density at radius 2 is 1.72 bits per heavy atom. The van der Waals surface area contributed by atoms with Gasteiger partial charge in [-0.3, -0.25) is 9.69 Å². The van der Waals surface area contributed by atoms with Gasteiger partial charge in [0.15, 0.2) is 5.13 Å². The van der Waals surface area contributed by atoms with Crippen LogP contribution >= 0.6 is 11.3 Å². The quantitative estimate of drug-likeness (QED) is 0.334. The number of fused-ring (bicyclic) bond motifs is 1. The first-order valence-electron chi connectivity index (χ1n) is 10.7. The van der Waals surface area contributed by atoms with Crippen LogP contribution in [-0.2, 0) is 0 Å². The van der Waals surface area contributed by atoms with E-state index in [1.54, 1.807) is 22.3 Å². The minimum Gasteiger partial charge on any atom is -0.457 e. The zero-order valence-electron chi connectivity index (χ0n) is 18.6. The van der Waals surface area contributed by atoms with Crippen molar-refractivity contribution in [1.82, 2.24) is 9.88 Å². The molecule has 0 atom stereocenters. The topological polar surface area (TPSA) is 45.7 Å². The number of amides is 1. The maximum absolute atomic E-state index is 13.6. The summed E-state index contributed by atoms with van der Waals surface area (Å²) >= 11 is 1.56. The van der Waals surface area contributed by atoms with Gasteiger partial charge in [0.25, 0.3) is 5.91 Å². The fourth-order valence-electron chi connectivity index (χ4n) is 3.44. The van der Waals surface area contributed by atoms with Crippen LogP contribution in [0, 0.1) is 6.92 Å². The van der Waals surface area contributed by atoms with E-state index in [1.165, 1.54) is 5.56 Å². The lowest BCUT2D eigenvalue weighted by atomic mass is 10.2. The molecule has 32 heavy (non-hydrogen) atoms. The summed E-state index contributed by atoms with van der Waals surface area (Å²) in [4.78, 5) is 22.3. The SMILES string of the molecule is Cc1ccc2nc(N(CCCN(C)C)C(=O)c3cccc(Oc4ccccc4)c3)sc2c1. The number of rotatable bonds is 8. The van der Waals surface area contributed by atoms with Crippen LogP contribution in [0.1, 0.15) is 22.3 Å². The minimum atomic E-state index is -0.0713. The lowest BCUT2D eigenvalue weighted by Gasteiger charge is -2.21. The van der Waals surface area contributed by atoms with E-state index in [-0.39, 0.29) is 5.91 Å². The lowest BCUT2D eigenvalue weighted by Crippen LogP contribution is -2.33. The summed E-state index contributed by atoms with van der Waals surface area (Å²) < 4.78 is 7.03. The van der Waals surface area contributed by atoms with Crippen molar-refractivity contribution in [2.75, 3.05) is 32.1 Å². The summed E-state index contributed by atoms with van der Waals surface area (Å²) in [6.45, 7) is 3.56. The monoisotopic (exact) mass is 445 g/mol. The van der Waals surface area contributed by atoms with Gasteiger partial charge in [-0.05, 0) is 82.0 Å². The third kappa shape index (κ3) is 5.33. The number of anilines is 1. The molecule has 0 saturated heterocycles. The molecule has 0 N–H and O–H groups in total. The molecule has 0 unspecified atom stereocenters. The van der Waals surface area contributed by atoms with Crippen LogP contribution in [0.5, 0.6) is 11.5 Å². The van der Waals surface area contributed by atoms with Crippen molar-refractivity contribution in [3.63, 3.8) is 0 Å². The third-order valence-corrected chi connectivity index (χ3v) is 6.10. The first-order chi connectivity index (χ1) is 15.5. The van der Waals surface area contributed by atoms with Gasteiger partial charge in [-0.2, -0.15) is 0 Å². The number of nitrogens with zero attached hydrogens (tertiary/aromatic N) is 3. The van der Waals surface area contributed by atoms with Crippen LogP contribution in [0.4, 0.5) is 5.13 Å². The Hall–Kier alpha value is -3.22. The van der Waals surface area contributed by atoms with Gasteiger partial charge in [-0.15, -0.1) is 0 Å². The predicted octanol–water partition coefficient (Wildman–Crippen LogP) is 6.00. The van der Waals surface area contributed by atoms with Crippen molar-refractivity contribution in [3.8, 4) is 11.5 Å². The highest BCUT2D eigenvalue weighted by atomic mass is 32.1. The van der Waals surface area contributed by atoms with E-state index < -0.39 is 0 Å². The molecular formula is C26H27N3O2S. The Morgan fingerprint density at radius 3 is 2.50 bits per heavy atom. The molecule has 0 saturated carbocycles. The smallest absolute Gasteiger partial charge is 0.260 e. The van der Waals surface area contributed by atoms with Crippen LogP contribution in [0.2, 0.25) is 0 Å². The molecule has 5 nitrogen and oxygen atoms in total. The Morgan fingerprint density at radius 1 is 0.938 bits per heavy atom. The number of carbonyl (C=O) groups is 1. The van der Waals surface area contributed by atoms with Crippen molar-refractivity contribution >= 4 is 32.6 Å². The van der Waals surface area contributed by atoms with Crippen molar-refractivity contribution in [3.05, 3.63) is 83.9 Å². The Kier molecular flexibility index (Phi) is 6.83. The highest BCUT2D eigenvalue weighted by molar-refractivity contribution is 7.22. The number of hydrogen-bond acceptors (Lipinski definition) is 5. The van der Waals surface area contributed by atoms with Crippen LogP contribution in [0.25, 0.3) is 10.2 Å². The number of aromatic nitrogens is 1. The number of ether oxygens (including phenoxy) is 1. The van der Waals surface area contributed by atoms with Crippen molar-refractivity contribution in [2.24, 2.45) is 0 Å². The lowest BCUT2D eigenvalue weighted by molar-refractivity contribution is 0.0985. The Balaban J connectivity index is 1.62. The first kappa shape index (κ1) is 22.0. The van der Waals surface area contributed by atoms with E-state index in [9.17, 15) is 4.79 Å². The summed E-state index contributed by atoms with van der Waals surface area (Å²) in [5.74, 6) is 1.30. The van der Waals surface area contributed by atoms with E-state index in [1.807, 2.05) is 68.7 Å². The fraction of sp³-hybridized carbons (Fsp3) is 0.231. The molecule has 1 heterocycles. The number of aryl methyl sites for hydroxylation is 1. The fourth-order valence-corrected chi connectivity index (χ4v) is 4.53. The van der Waals surface area contributed by atoms with Gasteiger partial charge in [-0.1, -0.05) is 41.7 Å². The van der Waals surface area contributed by atoms with E-state index in [4.69, 9.17) is 9.72 Å². The number of thiazole rings is 1. The standard InChI is InChI=1S/C26H27N3O2S/c1-19-13-14-23-24(17-19)32-26(27-23)29(16-8-15-28(2)3)25(30)20-9-7-12-22(18-20)31-21-10-5-4-6-11-21/h4-7,9-14,17-18H,8,15-16H2,1-3H3. The average molecular weight is 446 g/mol. The van der Waals surface area contributed by atoms with Crippen LogP contribution < -0.4 is 9.64 Å². The van der Waals surface area contributed by atoms with Gasteiger partial charge in [0.1, 0.15) is 11.5 Å². The van der Waals surface area contributed by atoms with Crippen molar-refractivity contribution in [2.45, 2.75) is 13.3 Å². The van der Waals surface area contributed by atoms with Crippen molar-refractivity contribution in [1.29, 1.82) is 0 Å². The Labute approximate surface area is 192 Å². The highest BCUT2D eigenvalue weighted by Crippen LogP contribution is 2.31. The summed E-state index contributed by atoms with van der Waals surface area (Å²) in [6.07, 6.45) is 0.855. The second-order valence-corrected chi connectivity index (χ2v) is 9.03. The zero-order valence-corrected chi connectivity index (χ0v) is 19.4. The van der Waals surface area contributed by atoms with Gasteiger partial charge >= 0.3 is 0 Å². The molecule has 0 aliphatic heterocycles. The number of benzene rings is 3.